The van der Waals surface area contributed by atoms with E-state index < -0.39 is 17.8 Å². The Bertz CT molecular complexity index is 737. The molecule has 5 nitrogen and oxygen atoms in total. The van der Waals surface area contributed by atoms with E-state index in [9.17, 15) is 14.0 Å². The Labute approximate surface area is 152 Å². The van der Waals surface area contributed by atoms with Gasteiger partial charge in [0.2, 0.25) is 5.91 Å². The first kappa shape index (κ1) is 19.4. The number of halogens is 1. The second-order valence-electron chi connectivity index (χ2n) is 5.80. The van der Waals surface area contributed by atoms with Gasteiger partial charge in [-0.3, -0.25) is 9.59 Å². The second kappa shape index (κ2) is 9.56. The number of hydrogen-bond acceptors (Lipinski definition) is 3. The highest BCUT2D eigenvalue weighted by Gasteiger charge is 2.26. The van der Waals surface area contributed by atoms with Crippen LogP contribution in [0.15, 0.2) is 54.6 Å². The number of carbonyl (C=O) groups is 2. The molecule has 0 unspecified atom stereocenters. The molecule has 0 aliphatic rings. The molecule has 0 aliphatic heterocycles. The predicted molar refractivity (Wildman–Crippen MR) is 97.0 cm³/mol. The molecular weight excluding hydrogens is 335 g/mol. The summed E-state index contributed by atoms with van der Waals surface area (Å²) in [6.45, 7) is 3.86. The summed E-state index contributed by atoms with van der Waals surface area (Å²) < 4.78 is 19.0. The minimum absolute atomic E-state index is 0.00572. The Morgan fingerprint density at radius 2 is 1.77 bits per heavy atom. The third kappa shape index (κ3) is 5.31. The maximum absolute atomic E-state index is 13.7. The zero-order valence-corrected chi connectivity index (χ0v) is 14.9. The molecule has 0 spiro atoms. The summed E-state index contributed by atoms with van der Waals surface area (Å²) in [4.78, 5) is 26.3. The van der Waals surface area contributed by atoms with Gasteiger partial charge in [-0.1, -0.05) is 42.5 Å². The number of likely N-dealkylation sites (N-methyl/N-ethyl adjacent to an activating group) is 1. The van der Waals surface area contributed by atoms with Crippen molar-refractivity contribution in [3.8, 4) is 5.75 Å². The van der Waals surface area contributed by atoms with Gasteiger partial charge in [0.1, 0.15) is 6.04 Å². The number of nitrogens with one attached hydrogen (secondary N) is 1. The first-order valence-electron chi connectivity index (χ1n) is 8.51. The van der Waals surface area contributed by atoms with Gasteiger partial charge < -0.3 is 15.0 Å². The number of para-hydroxylation sites is 1. The third-order valence-electron chi connectivity index (χ3n) is 3.90. The molecule has 0 aromatic heterocycles. The summed E-state index contributed by atoms with van der Waals surface area (Å²) in [5.41, 5.74) is 0.892. The van der Waals surface area contributed by atoms with Gasteiger partial charge in [0.15, 0.2) is 18.2 Å². The smallest absolute Gasteiger partial charge is 0.261 e. The van der Waals surface area contributed by atoms with Crippen LogP contribution >= 0.6 is 0 Å². The van der Waals surface area contributed by atoms with Crippen molar-refractivity contribution in [3.05, 3.63) is 66.0 Å². The van der Waals surface area contributed by atoms with Crippen molar-refractivity contribution in [2.24, 2.45) is 0 Å². The molecule has 6 heteroatoms. The van der Waals surface area contributed by atoms with Crippen LogP contribution in [0.4, 0.5) is 4.39 Å². The van der Waals surface area contributed by atoms with E-state index in [-0.39, 0.29) is 24.8 Å². The monoisotopic (exact) mass is 358 g/mol. The molecule has 138 valence electrons. The predicted octanol–water partition coefficient (Wildman–Crippen LogP) is 2.76. The highest BCUT2D eigenvalue weighted by molar-refractivity contribution is 5.87. The molecule has 2 amide bonds. The summed E-state index contributed by atoms with van der Waals surface area (Å²) in [7, 11) is 0. The second-order valence-corrected chi connectivity index (χ2v) is 5.80. The van der Waals surface area contributed by atoms with Gasteiger partial charge in [-0.15, -0.1) is 0 Å². The van der Waals surface area contributed by atoms with Crippen LogP contribution in [0.5, 0.6) is 5.75 Å². The Morgan fingerprint density at radius 1 is 1.12 bits per heavy atom. The average Bonchev–Trinajstić information content (AvgIpc) is 2.65. The molecule has 26 heavy (non-hydrogen) atoms. The van der Waals surface area contributed by atoms with Crippen LogP contribution in [-0.4, -0.2) is 35.9 Å². The summed E-state index contributed by atoms with van der Waals surface area (Å²) in [6.07, 6.45) is 0. The number of benzene rings is 2. The Balaban J connectivity index is 2.12. The lowest BCUT2D eigenvalue weighted by Gasteiger charge is -2.28. The quantitative estimate of drug-likeness (QED) is 0.789. The fraction of sp³-hybridized carbons (Fsp3) is 0.300. The zero-order chi connectivity index (χ0) is 18.9. The van der Waals surface area contributed by atoms with Crippen molar-refractivity contribution in [1.29, 1.82) is 0 Å². The lowest BCUT2D eigenvalue weighted by Crippen LogP contribution is -2.49. The first-order valence-corrected chi connectivity index (χ1v) is 8.51. The van der Waals surface area contributed by atoms with Crippen LogP contribution in [0.25, 0.3) is 0 Å². The van der Waals surface area contributed by atoms with E-state index in [0.717, 1.165) is 5.56 Å². The van der Waals surface area contributed by atoms with Crippen LogP contribution < -0.4 is 10.1 Å². The molecule has 0 saturated carbocycles. The first-order chi connectivity index (χ1) is 12.5. The fourth-order valence-electron chi connectivity index (χ4n) is 2.47. The number of hydrogen-bond donors (Lipinski definition) is 1. The summed E-state index contributed by atoms with van der Waals surface area (Å²) >= 11 is 0. The maximum atomic E-state index is 13.7. The third-order valence-corrected chi connectivity index (χ3v) is 3.90. The van der Waals surface area contributed by atoms with E-state index >= 15 is 0 Å². The molecule has 0 bridgehead atoms. The highest BCUT2D eigenvalue weighted by atomic mass is 19.1. The van der Waals surface area contributed by atoms with E-state index in [2.05, 4.69) is 5.32 Å². The number of carbonyl (C=O) groups excluding carboxylic acids is 2. The van der Waals surface area contributed by atoms with Gasteiger partial charge in [0.25, 0.3) is 5.91 Å². The van der Waals surface area contributed by atoms with E-state index in [0.29, 0.717) is 6.54 Å². The zero-order valence-electron chi connectivity index (χ0n) is 14.9. The van der Waals surface area contributed by atoms with E-state index in [1.54, 1.807) is 19.1 Å². The number of rotatable bonds is 8. The number of nitrogens with zero attached hydrogens (tertiary/aromatic N) is 1. The number of amides is 2. The maximum Gasteiger partial charge on any atom is 0.261 e. The van der Waals surface area contributed by atoms with Crippen LogP contribution in [0.2, 0.25) is 0 Å². The highest BCUT2D eigenvalue weighted by Crippen LogP contribution is 2.16. The van der Waals surface area contributed by atoms with E-state index in [4.69, 9.17) is 4.74 Å². The van der Waals surface area contributed by atoms with Crippen molar-refractivity contribution in [2.75, 3.05) is 13.2 Å². The minimum atomic E-state index is -0.674. The van der Waals surface area contributed by atoms with Crippen molar-refractivity contribution < 1.29 is 18.7 Å². The molecule has 0 aliphatic carbocycles. The molecule has 1 atom stereocenters. The standard InChI is InChI=1S/C20H23FN2O3/c1-3-22-20(25)15(2)23(13-16-9-5-4-6-10-16)19(24)14-26-18-12-8-7-11-17(18)21/h4-12,15H,3,13-14H2,1-2H3,(H,22,25)/t15-/m1/s1. The largest absolute Gasteiger partial charge is 0.481 e. The van der Waals surface area contributed by atoms with Gasteiger partial charge in [0, 0.05) is 13.1 Å². The lowest BCUT2D eigenvalue weighted by atomic mass is 10.1. The van der Waals surface area contributed by atoms with Gasteiger partial charge in [-0.05, 0) is 31.5 Å². The molecule has 0 radical (unpaired) electrons. The molecule has 0 heterocycles. The van der Waals surface area contributed by atoms with Crippen LogP contribution in [0.3, 0.4) is 0 Å². The van der Waals surface area contributed by atoms with Gasteiger partial charge in [0.05, 0.1) is 0 Å². The molecule has 2 rings (SSSR count). The van der Waals surface area contributed by atoms with Crippen molar-refractivity contribution >= 4 is 11.8 Å². The summed E-state index contributed by atoms with van der Waals surface area (Å²) in [6, 6.07) is 14.6. The molecule has 0 fully saturated rings. The minimum Gasteiger partial charge on any atom is -0.481 e. The molecule has 2 aromatic carbocycles. The van der Waals surface area contributed by atoms with Gasteiger partial charge in [-0.2, -0.15) is 0 Å². The Morgan fingerprint density at radius 3 is 2.42 bits per heavy atom. The summed E-state index contributed by atoms with van der Waals surface area (Å²) in [5, 5.41) is 2.72. The Kier molecular flexibility index (Phi) is 7.14. The number of ether oxygens (including phenoxy) is 1. The van der Waals surface area contributed by atoms with Gasteiger partial charge >= 0.3 is 0 Å². The average molecular weight is 358 g/mol. The van der Waals surface area contributed by atoms with Gasteiger partial charge in [-0.25, -0.2) is 4.39 Å². The van der Waals surface area contributed by atoms with E-state index in [1.807, 2.05) is 37.3 Å². The SMILES string of the molecule is CCNC(=O)[C@@H](C)N(Cc1ccccc1)C(=O)COc1ccccc1F. The van der Waals surface area contributed by atoms with Crippen LogP contribution in [0, 0.1) is 5.82 Å². The van der Waals surface area contributed by atoms with Crippen LogP contribution in [-0.2, 0) is 16.1 Å². The Hall–Kier alpha value is -2.89. The topological polar surface area (TPSA) is 58.6 Å². The normalized spacial score (nSPS) is 11.5. The summed E-state index contributed by atoms with van der Waals surface area (Å²) in [5.74, 6) is -1.17. The fourth-order valence-corrected chi connectivity index (χ4v) is 2.47. The lowest BCUT2D eigenvalue weighted by molar-refractivity contribution is -0.142. The van der Waals surface area contributed by atoms with Crippen molar-refractivity contribution in [2.45, 2.75) is 26.4 Å². The molecular formula is C20H23FN2O3. The molecule has 1 N–H and O–H groups in total. The van der Waals surface area contributed by atoms with Crippen LogP contribution in [0.1, 0.15) is 19.4 Å². The molecule has 2 aromatic rings. The molecule has 0 saturated heterocycles. The van der Waals surface area contributed by atoms with Crippen molar-refractivity contribution in [1.82, 2.24) is 10.2 Å². The van der Waals surface area contributed by atoms with E-state index in [1.165, 1.54) is 17.0 Å². The van der Waals surface area contributed by atoms with Crippen molar-refractivity contribution in [3.63, 3.8) is 0 Å².